The van der Waals surface area contributed by atoms with E-state index < -0.39 is 5.82 Å². The molecule has 20 heavy (non-hydrogen) atoms. The largest absolute Gasteiger partial charge is 0.331 e. The first-order valence-electron chi connectivity index (χ1n) is 5.44. The molecule has 7 heteroatoms. The van der Waals surface area contributed by atoms with Gasteiger partial charge in [0.2, 0.25) is 0 Å². The van der Waals surface area contributed by atoms with E-state index in [0.717, 1.165) is 0 Å². The van der Waals surface area contributed by atoms with Gasteiger partial charge in [-0.05, 0) is 36.5 Å². The smallest absolute Gasteiger partial charge is 0.175 e. The van der Waals surface area contributed by atoms with Gasteiger partial charge in [-0.3, -0.25) is 0 Å². The van der Waals surface area contributed by atoms with E-state index in [1.807, 2.05) is 0 Å². The SMILES string of the molecule is Fc1ccccc1NC(=S)Nc1cc(Cl)c(Cl)cc1Cl. The van der Waals surface area contributed by atoms with Gasteiger partial charge in [0.05, 0.1) is 26.4 Å². The molecule has 0 radical (unpaired) electrons. The van der Waals surface area contributed by atoms with Crippen LogP contribution in [0.2, 0.25) is 15.1 Å². The lowest BCUT2D eigenvalue weighted by molar-refractivity contribution is 0.632. The van der Waals surface area contributed by atoms with Crippen molar-refractivity contribution in [3.05, 3.63) is 57.3 Å². The van der Waals surface area contributed by atoms with Crippen LogP contribution in [0.25, 0.3) is 0 Å². The summed E-state index contributed by atoms with van der Waals surface area (Å²) in [5.41, 5.74) is 0.746. The van der Waals surface area contributed by atoms with Crippen LogP contribution in [0.3, 0.4) is 0 Å². The molecule has 2 aromatic carbocycles. The molecule has 104 valence electrons. The zero-order valence-corrected chi connectivity index (χ0v) is 13.0. The van der Waals surface area contributed by atoms with Crippen molar-refractivity contribution in [3.8, 4) is 0 Å². The average Bonchev–Trinajstić information content (AvgIpc) is 2.39. The summed E-state index contributed by atoms with van der Waals surface area (Å²) in [6, 6.07) is 9.23. The maximum absolute atomic E-state index is 13.5. The van der Waals surface area contributed by atoms with Crippen LogP contribution in [0.5, 0.6) is 0 Å². The van der Waals surface area contributed by atoms with Crippen LogP contribution in [0.1, 0.15) is 0 Å². The Bertz CT molecular complexity index is 664. The van der Waals surface area contributed by atoms with E-state index in [1.165, 1.54) is 12.1 Å². The monoisotopic (exact) mass is 348 g/mol. The van der Waals surface area contributed by atoms with E-state index in [0.29, 0.717) is 20.8 Å². The standard InChI is InChI=1S/C13H8Cl3FN2S/c14-7-5-9(16)12(6-8(7)15)19-13(20)18-11-4-2-1-3-10(11)17/h1-6H,(H2,18,19,20). The number of nitrogens with one attached hydrogen (secondary N) is 2. The van der Waals surface area contributed by atoms with Gasteiger partial charge in [0.25, 0.3) is 0 Å². The highest BCUT2D eigenvalue weighted by molar-refractivity contribution is 7.80. The third-order valence-corrected chi connectivity index (χ3v) is 3.62. The van der Waals surface area contributed by atoms with Gasteiger partial charge in [-0.1, -0.05) is 46.9 Å². The summed E-state index contributed by atoms with van der Waals surface area (Å²) in [4.78, 5) is 0. The van der Waals surface area contributed by atoms with E-state index in [1.54, 1.807) is 24.3 Å². The minimum Gasteiger partial charge on any atom is -0.331 e. The first-order chi connectivity index (χ1) is 9.47. The van der Waals surface area contributed by atoms with Crippen molar-refractivity contribution >= 4 is 63.5 Å². The van der Waals surface area contributed by atoms with Gasteiger partial charge < -0.3 is 10.6 Å². The van der Waals surface area contributed by atoms with E-state index >= 15 is 0 Å². The number of rotatable bonds is 2. The molecule has 2 nitrogen and oxygen atoms in total. The third-order valence-electron chi connectivity index (χ3n) is 2.38. The molecule has 0 aromatic heterocycles. The quantitative estimate of drug-likeness (QED) is 0.545. The summed E-state index contributed by atoms with van der Waals surface area (Å²) >= 11 is 22.8. The number of anilines is 2. The lowest BCUT2D eigenvalue weighted by atomic mass is 10.3. The summed E-state index contributed by atoms with van der Waals surface area (Å²) in [6.45, 7) is 0. The fraction of sp³-hybridized carbons (Fsp3) is 0. The average molecular weight is 350 g/mol. The number of thiocarbonyl (C=S) groups is 1. The van der Waals surface area contributed by atoms with Gasteiger partial charge in [-0.2, -0.15) is 0 Å². The maximum atomic E-state index is 13.5. The first kappa shape index (κ1) is 15.3. The van der Waals surface area contributed by atoms with Crippen LogP contribution in [0.4, 0.5) is 15.8 Å². The number of halogens is 4. The molecule has 0 aliphatic rings. The van der Waals surface area contributed by atoms with Crippen LogP contribution in [-0.2, 0) is 0 Å². The molecule has 0 aliphatic heterocycles. The Labute approximate surface area is 135 Å². The van der Waals surface area contributed by atoms with Crippen molar-refractivity contribution < 1.29 is 4.39 Å². The highest BCUT2D eigenvalue weighted by Crippen LogP contribution is 2.32. The summed E-state index contributed by atoms with van der Waals surface area (Å²) in [7, 11) is 0. The second kappa shape index (κ2) is 6.59. The van der Waals surface area contributed by atoms with Gasteiger partial charge in [-0.25, -0.2) is 4.39 Å². The van der Waals surface area contributed by atoms with E-state index in [2.05, 4.69) is 10.6 Å². The molecule has 0 atom stereocenters. The van der Waals surface area contributed by atoms with Crippen LogP contribution in [0.15, 0.2) is 36.4 Å². The second-order valence-electron chi connectivity index (χ2n) is 3.81. The van der Waals surface area contributed by atoms with Crippen molar-refractivity contribution in [1.29, 1.82) is 0 Å². The third kappa shape index (κ3) is 3.73. The molecule has 2 rings (SSSR count). The van der Waals surface area contributed by atoms with Crippen molar-refractivity contribution in [2.45, 2.75) is 0 Å². The highest BCUT2D eigenvalue weighted by atomic mass is 35.5. The Kier molecular flexibility index (Phi) is 5.05. The molecular formula is C13H8Cl3FN2S. The molecule has 0 amide bonds. The van der Waals surface area contributed by atoms with Crippen LogP contribution >= 0.6 is 47.0 Å². The Balaban J connectivity index is 2.13. The van der Waals surface area contributed by atoms with Gasteiger partial charge in [0, 0.05) is 0 Å². The number of hydrogen-bond donors (Lipinski definition) is 2. The molecule has 0 bridgehead atoms. The van der Waals surface area contributed by atoms with Crippen LogP contribution < -0.4 is 10.6 Å². The minimum atomic E-state index is -0.406. The minimum absolute atomic E-state index is 0.190. The van der Waals surface area contributed by atoms with Crippen LogP contribution in [-0.4, -0.2) is 5.11 Å². The van der Waals surface area contributed by atoms with E-state index in [4.69, 9.17) is 47.0 Å². The lowest BCUT2D eigenvalue weighted by Gasteiger charge is -2.13. The summed E-state index contributed by atoms with van der Waals surface area (Å²) in [5, 5.41) is 6.79. The van der Waals surface area contributed by atoms with E-state index in [-0.39, 0.29) is 10.8 Å². The normalized spacial score (nSPS) is 10.2. The molecule has 0 saturated heterocycles. The summed E-state index contributed by atoms with van der Waals surface area (Å²) in [5.74, 6) is -0.406. The van der Waals surface area contributed by atoms with Gasteiger partial charge in [0.15, 0.2) is 5.11 Å². The predicted molar refractivity (Wildman–Crippen MR) is 87.7 cm³/mol. The molecule has 0 spiro atoms. The van der Waals surface area contributed by atoms with Gasteiger partial charge >= 0.3 is 0 Å². The second-order valence-corrected chi connectivity index (χ2v) is 5.43. The topological polar surface area (TPSA) is 24.1 Å². The van der Waals surface area contributed by atoms with Crippen molar-refractivity contribution in [1.82, 2.24) is 0 Å². The summed E-state index contributed by atoms with van der Waals surface area (Å²) < 4.78 is 13.5. The Morgan fingerprint density at radius 3 is 2.20 bits per heavy atom. The van der Waals surface area contributed by atoms with E-state index in [9.17, 15) is 4.39 Å². The molecule has 2 aromatic rings. The molecule has 0 fully saturated rings. The highest BCUT2D eigenvalue weighted by Gasteiger charge is 2.08. The fourth-order valence-corrected chi connectivity index (χ4v) is 2.27. The molecule has 0 saturated carbocycles. The first-order valence-corrected chi connectivity index (χ1v) is 6.98. The van der Waals surface area contributed by atoms with Gasteiger partial charge in [-0.15, -0.1) is 0 Å². The Morgan fingerprint density at radius 1 is 0.900 bits per heavy atom. The fourth-order valence-electron chi connectivity index (χ4n) is 1.46. The predicted octanol–water partition coefficient (Wildman–Crippen LogP) is 5.59. The number of hydrogen-bond acceptors (Lipinski definition) is 1. The Hall–Kier alpha value is -1.07. The van der Waals surface area contributed by atoms with Crippen molar-refractivity contribution in [3.63, 3.8) is 0 Å². The number of benzene rings is 2. The molecule has 2 N–H and O–H groups in total. The maximum Gasteiger partial charge on any atom is 0.175 e. The molecule has 0 aliphatic carbocycles. The zero-order valence-electron chi connectivity index (χ0n) is 9.88. The number of para-hydroxylation sites is 1. The van der Waals surface area contributed by atoms with Crippen molar-refractivity contribution in [2.24, 2.45) is 0 Å². The molecule has 0 unspecified atom stereocenters. The zero-order chi connectivity index (χ0) is 14.7. The Morgan fingerprint density at radius 2 is 1.50 bits per heavy atom. The van der Waals surface area contributed by atoms with Gasteiger partial charge in [0.1, 0.15) is 5.82 Å². The molecule has 0 heterocycles. The summed E-state index contributed by atoms with van der Waals surface area (Å²) in [6.07, 6.45) is 0. The molecular weight excluding hydrogens is 342 g/mol. The lowest BCUT2D eigenvalue weighted by Crippen LogP contribution is -2.20. The van der Waals surface area contributed by atoms with Crippen molar-refractivity contribution in [2.75, 3.05) is 10.6 Å². The van der Waals surface area contributed by atoms with Crippen LogP contribution in [0, 0.1) is 5.82 Å².